The van der Waals surface area contributed by atoms with E-state index in [2.05, 4.69) is 17.2 Å². The van der Waals surface area contributed by atoms with Gasteiger partial charge in [-0.25, -0.2) is 0 Å². The first-order valence-electron chi connectivity index (χ1n) is 6.06. The summed E-state index contributed by atoms with van der Waals surface area (Å²) in [6.07, 6.45) is 6.41. The number of nitrogens with zero attached hydrogens (tertiary/aromatic N) is 2. The van der Waals surface area contributed by atoms with Crippen LogP contribution >= 0.6 is 0 Å². The fourth-order valence-corrected chi connectivity index (χ4v) is 2.17. The summed E-state index contributed by atoms with van der Waals surface area (Å²) in [5.74, 6) is 0. The normalized spacial score (nSPS) is 23.3. The van der Waals surface area contributed by atoms with Crippen molar-refractivity contribution in [1.29, 1.82) is 0 Å². The predicted octanol–water partition coefficient (Wildman–Crippen LogP) is 2.80. The SMILES string of the molecule is c1ccc(COC2CC(n3cccn3)C2)cc1. The maximum Gasteiger partial charge on any atom is 0.0720 e. The van der Waals surface area contributed by atoms with Crippen molar-refractivity contribution in [3.63, 3.8) is 0 Å². The zero-order valence-electron chi connectivity index (χ0n) is 9.70. The molecule has 0 saturated heterocycles. The van der Waals surface area contributed by atoms with Crippen LogP contribution in [0.1, 0.15) is 24.4 Å². The van der Waals surface area contributed by atoms with Gasteiger partial charge in [0.2, 0.25) is 0 Å². The molecule has 0 bridgehead atoms. The first kappa shape index (κ1) is 10.5. The monoisotopic (exact) mass is 228 g/mol. The van der Waals surface area contributed by atoms with E-state index in [-0.39, 0.29) is 0 Å². The molecule has 0 aliphatic heterocycles. The van der Waals surface area contributed by atoms with Gasteiger partial charge in [-0.3, -0.25) is 4.68 Å². The zero-order valence-corrected chi connectivity index (χ0v) is 9.70. The molecule has 0 unspecified atom stereocenters. The fraction of sp³-hybridized carbons (Fsp3) is 0.357. The summed E-state index contributed by atoms with van der Waals surface area (Å²) in [7, 11) is 0. The number of aromatic nitrogens is 2. The summed E-state index contributed by atoms with van der Waals surface area (Å²) >= 11 is 0. The van der Waals surface area contributed by atoms with Crippen LogP contribution in [0.5, 0.6) is 0 Å². The Morgan fingerprint density at radius 1 is 1.18 bits per heavy atom. The molecular formula is C14H16N2O. The number of hydrogen-bond acceptors (Lipinski definition) is 2. The largest absolute Gasteiger partial charge is 0.373 e. The first-order valence-corrected chi connectivity index (χ1v) is 6.06. The summed E-state index contributed by atoms with van der Waals surface area (Å²) in [6.45, 7) is 0.720. The van der Waals surface area contributed by atoms with Gasteiger partial charge in [-0.1, -0.05) is 30.3 Å². The summed E-state index contributed by atoms with van der Waals surface area (Å²) in [5.41, 5.74) is 1.25. The molecule has 1 saturated carbocycles. The highest BCUT2D eigenvalue weighted by Crippen LogP contribution is 2.34. The molecule has 3 nitrogen and oxygen atoms in total. The molecule has 0 atom stereocenters. The van der Waals surface area contributed by atoms with Crippen LogP contribution < -0.4 is 0 Å². The van der Waals surface area contributed by atoms with Crippen molar-refractivity contribution in [1.82, 2.24) is 9.78 Å². The molecule has 3 heteroatoms. The molecule has 0 spiro atoms. The number of benzene rings is 1. The Balaban J connectivity index is 1.45. The van der Waals surface area contributed by atoms with Gasteiger partial charge in [0, 0.05) is 12.4 Å². The molecule has 0 radical (unpaired) electrons. The third-order valence-corrected chi connectivity index (χ3v) is 3.30. The second-order valence-corrected chi connectivity index (χ2v) is 4.53. The molecule has 3 rings (SSSR count). The van der Waals surface area contributed by atoms with Crippen LogP contribution in [0.3, 0.4) is 0 Å². The molecule has 1 aromatic carbocycles. The van der Waals surface area contributed by atoms with Crippen molar-refractivity contribution in [2.45, 2.75) is 31.6 Å². The average molecular weight is 228 g/mol. The van der Waals surface area contributed by atoms with Crippen LogP contribution in [0.2, 0.25) is 0 Å². The summed E-state index contributed by atoms with van der Waals surface area (Å²) in [4.78, 5) is 0. The van der Waals surface area contributed by atoms with Crippen molar-refractivity contribution < 1.29 is 4.74 Å². The molecule has 17 heavy (non-hydrogen) atoms. The van der Waals surface area contributed by atoms with Crippen LogP contribution in [0, 0.1) is 0 Å². The van der Waals surface area contributed by atoms with Crippen molar-refractivity contribution in [2.75, 3.05) is 0 Å². The quantitative estimate of drug-likeness (QED) is 0.804. The van der Waals surface area contributed by atoms with Crippen LogP contribution in [0.25, 0.3) is 0 Å². The fourth-order valence-electron chi connectivity index (χ4n) is 2.17. The van der Waals surface area contributed by atoms with E-state index in [9.17, 15) is 0 Å². The second-order valence-electron chi connectivity index (χ2n) is 4.53. The minimum atomic E-state index is 0.393. The smallest absolute Gasteiger partial charge is 0.0720 e. The van der Waals surface area contributed by atoms with E-state index in [0.717, 1.165) is 19.4 Å². The van der Waals surface area contributed by atoms with Gasteiger partial charge >= 0.3 is 0 Å². The molecule has 1 fully saturated rings. The predicted molar refractivity (Wildman–Crippen MR) is 65.5 cm³/mol. The van der Waals surface area contributed by atoms with Crippen LogP contribution in [-0.2, 0) is 11.3 Å². The Labute approximate surface area is 101 Å². The standard InChI is InChI=1S/C14H16N2O/c1-2-5-12(6-3-1)11-17-14-9-13(10-14)16-8-4-7-15-16/h1-8,13-14H,9-11H2. The maximum absolute atomic E-state index is 5.85. The number of hydrogen-bond donors (Lipinski definition) is 0. The molecular weight excluding hydrogens is 212 g/mol. The van der Waals surface area contributed by atoms with E-state index in [0.29, 0.717) is 12.1 Å². The number of rotatable bonds is 4. The Bertz CT molecular complexity index is 446. The van der Waals surface area contributed by atoms with Gasteiger partial charge in [0.05, 0.1) is 18.8 Å². The van der Waals surface area contributed by atoms with E-state index < -0.39 is 0 Å². The lowest BCUT2D eigenvalue weighted by Crippen LogP contribution is -2.33. The maximum atomic E-state index is 5.85. The Kier molecular flexibility index (Phi) is 2.92. The third kappa shape index (κ3) is 2.39. The summed E-state index contributed by atoms with van der Waals surface area (Å²) in [6, 6.07) is 12.8. The topological polar surface area (TPSA) is 27.1 Å². The van der Waals surface area contributed by atoms with Crippen molar-refractivity contribution in [3.05, 3.63) is 54.4 Å². The minimum Gasteiger partial charge on any atom is -0.373 e. The van der Waals surface area contributed by atoms with E-state index >= 15 is 0 Å². The van der Waals surface area contributed by atoms with Crippen molar-refractivity contribution >= 4 is 0 Å². The van der Waals surface area contributed by atoms with E-state index in [1.165, 1.54) is 5.56 Å². The first-order chi connectivity index (χ1) is 8.42. The molecule has 1 aliphatic carbocycles. The number of ether oxygens (including phenoxy) is 1. The lowest BCUT2D eigenvalue weighted by Gasteiger charge is -2.35. The molecule has 2 aromatic rings. The lowest BCUT2D eigenvalue weighted by molar-refractivity contribution is -0.0383. The van der Waals surface area contributed by atoms with Gasteiger partial charge in [-0.05, 0) is 24.5 Å². The molecule has 88 valence electrons. The molecule has 1 aromatic heterocycles. The molecule has 0 N–H and O–H groups in total. The molecule has 0 amide bonds. The van der Waals surface area contributed by atoms with Gasteiger partial charge in [0.1, 0.15) is 0 Å². The molecule has 1 aliphatic rings. The lowest BCUT2D eigenvalue weighted by atomic mass is 9.89. The van der Waals surface area contributed by atoms with Gasteiger partial charge < -0.3 is 4.74 Å². The van der Waals surface area contributed by atoms with Gasteiger partial charge in [0.25, 0.3) is 0 Å². The van der Waals surface area contributed by atoms with E-state index in [4.69, 9.17) is 4.74 Å². The van der Waals surface area contributed by atoms with Crippen LogP contribution in [0.15, 0.2) is 48.8 Å². The zero-order chi connectivity index (χ0) is 11.5. The van der Waals surface area contributed by atoms with E-state index in [1.807, 2.05) is 41.3 Å². The van der Waals surface area contributed by atoms with Crippen LogP contribution in [0.4, 0.5) is 0 Å². The van der Waals surface area contributed by atoms with Crippen LogP contribution in [-0.4, -0.2) is 15.9 Å². The minimum absolute atomic E-state index is 0.393. The van der Waals surface area contributed by atoms with E-state index in [1.54, 1.807) is 0 Å². The highest BCUT2D eigenvalue weighted by Gasteiger charge is 2.31. The molecule has 1 heterocycles. The Morgan fingerprint density at radius 2 is 2.00 bits per heavy atom. The van der Waals surface area contributed by atoms with Gasteiger partial charge in [-0.15, -0.1) is 0 Å². The van der Waals surface area contributed by atoms with Gasteiger partial charge in [-0.2, -0.15) is 5.10 Å². The Morgan fingerprint density at radius 3 is 2.71 bits per heavy atom. The average Bonchev–Trinajstić information content (AvgIpc) is 2.82. The van der Waals surface area contributed by atoms with Crippen molar-refractivity contribution in [3.8, 4) is 0 Å². The highest BCUT2D eigenvalue weighted by atomic mass is 16.5. The second kappa shape index (κ2) is 4.72. The van der Waals surface area contributed by atoms with Crippen molar-refractivity contribution in [2.24, 2.45) is 0 Å². The third-order valence-electron chi connectivity index (χ3n) is 3.30. The summed E-state index contributed by atoms with van der Waals surface area (Å²) in [5, 5.41) is 4.25. The Hall–Kier alpha value is -1.61. The van der Waals surface area contributed by atoms with Gasteiger partial charge in [0.15, 0.2) is 0 Å². The highest BCUT2D eigenvalue weighted by molar-refractivity contribution is 5.13. The summed E-state index contributed by atoms with van der Waals surface area (Å²) < 4.78 is 7.88.